The summed E-state index contributed by atoms with van der Waals surface area (Å²) in [4.78, 5) is 15.0. The van der Waals surface area contributed by atoms with Gasteiger partial charge in [0.05, 0.1) is 0 Å². The number of furan rings is 1. The van der Waals surface area contributed by atoms with E-state index < -0.39 is 0 Å². The highest BCUT2D eigenvalue weighted by Crippen LogP contribution is 2.47. The van der Waals surface area contributed by atoms with E-state index in [-0.39, 0.29) is 0 Å². The Bertz CT molecular complexity index is 3070. The maximum atomic E-state index is 6.48. The van der Waals surface area contributed by atoms with Crippen LogP contribution in [0.3, 0.4) is 0 Å². The highest BCUT2D eigenvalue weighted by atomic mass is 16.3. The van der Waals surface area contributed by atoms with Crippen LogP contribution < -0.4 is 0 Å². The molecule has 0 fully saturated rings. The molecule has 11 rings (SSSR count). The number of benzene rings is 9. The standard InChI is InChI=1S/C47H27N3O/c1-3-12-28(13-4-1)45-48-46(29-14-5-2-6-15-29)50-47(49-45)38-25-24-32(34-18-9-10-19-35(34)38)31-22-23-36-37-20-11-21-40-43(37)44-41(51-40)27-30-16-7-8-17-33(30)42(44)39(36)26-31/h1-27H. The van der Waals surface area contributed by atoms with E-state index in [1.54, 1.807) is 0 Å². The van der Waals surface area contributed by atoms with Gasteiger partial charge in [-0.25, -0.2) is 15.0 Å². The van der Waals surface area contributed by atoms with Crippen molar-refractivity contribution in [3.63, 3.8) is 0 Å². The number of nitrogens with zero attached hydrogens (tertiary/aromatic N) is 3. The summed E-state index contributed by atoms with van der Waals surface area (Å²) in [6.45, 7) is 0. The third-order valence-corrected chi connectivity index (χ3v) is 10.3. The number of rotatable bonds is 4. The van der Waals surface area contributed by atoms with E-state index >= 15 is 0 Å². The molecule has 0 atom stereocenters. The molecule has 2 heterocycles. The second kappa shape index (κ2) is 10.8. The number of aromatic nitrogens is 3. The zero-order valence-corrected chi connectivity index (χ0v) is 27.3. The van der Waals surface area contributed by atoms with E-state index in [1.807, 2.05) is 60.7 Å². The summed E-state index contributed by atoms with van der Waals surface area (Å²) in [5.41, 5.74) is 7.04. The molecule has 51 heavy (non-hydrogen) atoms. The minimum absolute atomic E-state index is 0.648. The van der Waals surface area contributed by atoms with Crippen LogP contribution in [0.25, 0.3) is 110 Å². The lowest BCUT2D eigenvalue weighted by Gasteiger charge is -2.15. The second-order valence-electron chi connectivity index (χ2n) is 13.1. The zero-order chi connectivity index (χ0) is 33.5. The van der Waals surface area contributed by atoms with Gasteiger partial charge in [-0.05, 0) is 73.1 Å². The first-order valence-corrected chi connectivity index (χ1v) is 17.2. The molecular formula is C47H27N3O. The topological polar surface area (TPSA) is 51.8 Å². The van der Waals surface area contributed by atoms with Crippen LogP contribution in [0.5, 0.6) is 0 Å². The Morgan fingerprint density at radius 2 is 0.922 bits per heavy atom. The van der Waals surface area contributed by atoms with Gasteiger partial charge in [-0.2, -0.15) is 0 Å². The largest absolute Gasteiger partial charge is 0.456 e. The van der Waals surface area contributed by atoms with Crippen molar-refractivity contribution >= 4 is 65.0 Å². The van der Waals surface area contributed by atoms with Crippen molar-refractivity contribution in [3.8, 4) is 45.3 Å². The highest BCUT2D eigenvalue weighted by molar-refractivity contribution is 6.38. The van der Waals surface area contributed by atoms with Gasteiger partial charge < -0.3 is 4.42 Å². The molecule has 2 aromatic heterocycles. The van der Waals surface area contributed by atoms with Crippen molar-refractivity contribution < 1.29 is 4.42 Å². The molecule has 9 aromatic carbocycles. The van der Waals surface area contributed by atoms with Gasteiger partial charge in [-0.15, -0.1) is 0 Å². The molecule has 0 amide bonds. The first kappa shape index (κ1) is 28.0. The first-order valence-electron chi connectivity index (χ1n) is 17.2. The van der Waals surface area contributed by atoms with Gasteiger partial charge in [0.2, 0.25) is 0 Å². The summed E-state index contributed by atoms with van der Waals surface area (Å²) in [7, 11) is 0. The maximum Gasteiger partial charge on any atom is 0.164 e. The van der Waals surface area contributed by atoms with Crippen molar-refractivity contribution in [3.05, 3.63) is 164 Å². The molecule has 0 aliphatic carbocycles. The van der Waals surface area contributed by atoms with Crippen molar-refractivity contribution in [2.45, 2.75) is 0 Å². The summed E-state index contributed by atoms with van der Waals surface area (Å²) in [5, 5.41) is 11.9. The molecule has 0 N–H and O–H groups in total. The van der Waals surface area contributed by atoms with Gasteiger partial charge in [0.15, 0.2) is 17.5 Å². The maximum absolute atomic E-state index is 6.48. The Morgan fingerprint density at radius 1 is 0.314 bits per heavy atom. The SMILES string of the molecule is c1ccc(-c2nc(-c3ccccc3)nc(-c3ccc(-c4ccc5c6cccc7oc8cc9ccccc9c(c5c4)c8c76)c4ccccc34)n2)cc1. The van der Waals surface area contributed by atoms with Gasteiger partial charge in [0, 0.05) is 32.8 Å². The Balaban J connectivity index is 1.16. The fourth-order valence-electron chi connectivity index (χ4n) is 7.98. The molecule has 0 saturated heterocycles. The molecule has 236 valence electrons. The third kappa shape index (κ3) is 4.23. The van der Waals surface area contributed by atoms with Gasteiger partial charge >= 0.3 is 0 Å². The van der Waals surface area contributed by atoms with Crippen molar-refractivity contribution in [2.75, 3.05) is 0 Å². The van der Waals surface area contributed by atoms with E-state index in [2.05, 4.69) is 103 Å². The summed E-state index contributed by atoms with van der Waals surface area (Å²) in [6.07, 6.45) is 0. The lowest BCUT2D eigenvalue weighted by Crippen LogP contribution is -2.00. The summed E-state index contributed by atoms with van der Waals surface area (Å²) < 4.78 is 6.48. The summed E-state index contributed by atoms with van der Waals surface area (Å²) in [5.74, 6) is 1.95. The smallest absolute Gasteiger partial charge is 0.164 e. The van der Waals surface area contributed by atoms with Gasteiger partial charge in [0.1, 0.15) is 11.2 Å². The molecule has 0 bridgehead atoms. The fraction of sp³-hybridized carbons (Fsp3) is 0. The van der Waals surface area contributed by atoms with Crippen LogP contribution in [0.2, 0.25) is 0 Å². The Hall–Kier alpha value is -6.91. The molecule has 0 spiro atoms. The predicted molar refractivity (Wildman–Crippen MR) is 210 cm³/mol. The zero-order valence-electron chi connectivity index (χ0n) is 27.3. The van der Waals surface area contributed by atoms with Crippen molar-refractivity contribution in [1.82, 2.24) is 15.0 Å². The van der Waals surface area contributed by atoms with Crippen LogP contribution in [0, 0.1) is 0 Å². The Kier molecular flexibility index (Phi) is 5.92. The van der Waals surface area contributed by atoms with Crippen LogP contribution in [0.15, 0.2) is 168 Å². The van der Waals surface area contributed by atoms with Crippen LogP contribution in [-0.4, -0.2) is 15.0 Å². The fourth-order valence-corrected chi connectivity index (χ4v) is 7.98. The molecule has 4 nitrogen and oxygen atoms in total. The molecule has 0 radical (unpaired) electrons. The molecule has 0 aliphatic heterocycles. The Labute approximate surface area is 292 Å². The molecule has 0 unspecified atom stereocenters. The third-order valence-electron chi connectivity index (χ3n) is 10.3. The average molecular weight is 650 g/mol. The highest BCUT2D eigenvalue weighted by Gasteiger charge is 2.21. The van der Waals surface area contributed by atoms with Gasteiger partial charge in [0.25, 0.3) is 0 Å². The Morgan fingerprint density at radius 3 is 1.67 bits per heavy atom. The van der Waals surface area contributed by atoms with Crippen LogP contribution in [-0.2, 0) is 0 Å². The number of fused-ring (bicyclic) bond motifs is 6. The molecule has 4 heteroatoms. The minimum Gasteiger partial charge on any atom is -0.456 e. The molecule has 0 saturated carbocycles. The lowest BCUT2D eigenvalue weighted by atomic mass is 9.88. The summed E-state index contributed by atoms with van der Waals surface area (Å²) in [6, 6.07) is 57.4. The van der Waals surface area contributed by atoms with E-state index in [0.717, 1.165) is 49.8 Å². The van der Waals surface area contributed by atoms with E-state index in [1.165, 1.54) is 43.1 Å². The van der Waals surface area contributed by atoms with Gasteiger partial charge in [-0.3, -0.25) is 0 Å². The lowest BCUT2D eigenvalue weighted by molar-refractivity contribution is 0.670. The van der Waals surface area contributed by atoms with E-state index in [4.69, 9.17) is 19.4 Å². The van der Waals surface area contributed by atoms with Crippen LogP contribution in [0.1, 0.15) is 0 Å². The van der Waals surface area contributed by atoms with Crippen LogP contribution >= 0.6 is 0 Å². The molecular weight excluding hydrogens is 623 g/mol. The summed E-state index contributed by atoms with van der Waals surface area (Å²) >= 11 is 0. The van der Waals surface area contributed by atoms with Gasteiger partial charge in [-0.1, -0.05) is 140 Å². The normalized spacial score (nSPS) is 11.9. The molecule has 0 aliphatic rings. The van der Waals surface area contributed by atoms with Crippen molar-refractivity contribution in [1.29, 1.82) is 0 Å². The minimum atomic E-state index is 0.648. The first-order chi connectivity index (χ1) is 25.3. The number of hydrogen-bond donors (Lipinski definition) is 0. The number of hydrogen-bond acceptors (Lipinski definition) is 4. The molecule has 11 aromatic rings. The van der Waals surface area contributed by atoms with Crippen molar-refractivity contribution in [2.24, 2.45) is 0 Å². The monoisotopic (exact) mass is 649 g/mol. The van der Waals surface area contributed by atoms with E-state index in [0.29, 0.717) is 17.5 Å². The predicted octanol–water partition coefficient (Wildman–Crippen LogP) is 12.5. The average Bonchev–Trinajstić information content (AvgIpc) is 3.58. The van der Waals surface area contributed by atoms with Crippen LogP contribution in [0.4, 0.5) is 0 Å². The van der Waals surface area contributed by atoms with E-state index in [9.17, 15) is 0 Å². The quantitative estimate of drug-likeness (QED) is 0.178. The second-order valence-corrected chi connectivity index (χ2v) is 13.1.